The van der Waals surface area contributed by atoms with E-state index in [1.165, 1.54) is 11.1 Å². The summed E-state index contributed by atoms with van der Waals surface area (Å²) in [5.74, 6) is -1.62. The van der Waals surface area contributed by atoms with Gasteiger partial charge in [-0.25, -0.2) is 4.79 Å². The molecule has 0 radical (unpaired) electrons. The van der Waals surface area contributed by atoms with Crippen LogP contribution < -0.4 is 15.5 Å². The second kappa shape index (κ2) is 15.8. The van der Waals surface area contributed by atoms with E-state index < -0.39 is 34.4 Å². The number of benzene rings is 1. The molecular formula is C30H33Cl4N5O6. The first kappa shape index (κ1) is 36.1. The van der Waals surface area contributed by atoms with Crippen molar-refractivity contribution < 1.29 is 28.4 Å². The first-order chi connectivity index (χ1) is 21.1. The van der Waals surface area contributed by atoms with Crippen LogP contribution in [0.15, 0.2) is 47.1 Å². The third kappa shape index (κ3) is 10.3. The monoisotopic (exact) mass is 699 g/mol. The Bertz CT molecular complexity index is 1520. The molecule has 242 valence electrons. The lowest BCUT2D eigenvalue weighted by Crippen LogP contribution is -2.49. The number of anilines is 1. The first-order valence-corrected chi connectivity index (χ1v) is 15.5. The number of alkyl carbamates (subject to hydrolysis) is 1. The fraction of sp³-hybridized carbons (Fsp3) is 0.400. The molecule has 45 heavy (non-hydrogen) atoms. The zero-order valence-electron chi connectivity index (χ0n) is 25.2. The molecule has 3 rings (SSSR count). The molecule has 0 bridgehead atoms. The molecule has 0 saturated carbocycles. The van der Waals surface area contributed by atoms with E-state index >= 15 is 0 Å². The van der Waals surface area contributed by atoms with Gasteiger partial charge in [-0.05, 0) is 51.0 Å². The zero-order chi connectivity index (χ0) is 33.5. The highest BCUT2D eigenvalue weighted by Gasteiger charge is 2.28. The largest absolute Gasteiger partial charge is 0.444 e. The molecule has 3 aromatic rings. The lowest BCUT2D eigenvalue weighted by atomic mass is 9.97. The highest BCUT2D eigenvalue weighted by molar-refractivity contribution is 6.54. The minimum absolute atomic E-state index is 0.108. The molecule has 0 spiro atoms. The number of ketones is 1. The Labute approximate surface area is 280 Å². The summed E-state index contributed by atoms with van der Waals surface area (Å²) >= 11 is 24.5. The number of aromatic nitrogens is 2. The summed E-state index contributed by atoms with van der Waals surface area (Å²) in [4.78, 5) is 54.9. The second-order valence-electron chi connectivity index (χ2n) is 11.2. The Hall–Kier alpha value is -3.38. The summed E-state index contributed by atoms with van der Waals surface area (Å²) in [6.45, 7) is 8.11. The standard InChI is InChI=1S/C30H33Cl4N5O6/c1-16(2)26(37-24(41)15-36-29(43)44-30(3,4)5)22(40)10-12-39(28(42)27(33)34)17-9-11-35-20(13-17)23-14-21(38-45-23)25-18(31)7-6-8-19(25)32/h6-9,11,13-14,16,26-27H,10,12,15H2,1-5H3,(H,36,43)(H,37,41). The van der Waals surface area contributed by atoms with Gasteiger partial charge in [-0.1, -0.05) is 71.5 Å². The van der Waals surface area contributed by atoms with Crippen molar-refractivity contribution in [3.05, 3.63) is 52.6 Å². The molecule has 0 aliphatic heterocycles. The number of amides is 3. The number of hydrogen-bond donors (Lipinski definition) is 2. The molecule has 0 saturated heterocycles. The highest BCUT2D eigenvalue weighted by atomic mass is 35.5. The van der Waals surface area contributed by atoms with Crippen molar-refractivity contribution in [2.45, 2.75) is 57.5 Å². The van der Waals surface area contributed by atoms with Gasteiger partial charge in [0.15, 0.2) is 16.4 Å². The SMILES string of the molecule is CC(C)C(NC(=O)CNC(=O)OC(C)(C)C)C(=O)CCN(C(=O)C(Cl)Cl)c1ccnc(-c2cc(-c3c(Cl)cccc3Cl)no2)c1. The minimum Gasteiger partial charge on any atom is -0.444 e. The number of rotatable bonds is 12. The summed E-state index contributed by atoms with van der Waals surface area (Å²) in [5.41, 5.74) is 0.801. The summed E-state index contributed by atoms with van der Waals surface area (Å²) in [6.07, 6.45) is 0.537. The van der Waals surface area contributed by atoms with Gasteiger partial charge in [0.2, 0.25) is 5.91 Å². The van der Waals surface area contributed by atoms with Crippen LogP contribution in [0.2, 0.25) is 10.0 Å². The van der Waals surface area contributed by atoms with Crippen LogP contribution in [0.4, 0.5) is 10.5 Å². The van der Waals surface area contributed by atoms with E-state index in [4.69, 9.17) is 55.7 Å². The smallest absolute Gasteiger partial charge is 0.408 e. The number of nitrogens with one attached hydrogen (secondary N) is 2. The van der Waals surface area contributed by atoms with E-state index in [0.717, 1.165) is 0 Å². The minimum atomic E-state index is -1.42. The normalized spacial score (nSPS) is 12.2. The van der Waals surface area contributed by atoms with Crippen LogP contribution in [-0.4, -0.2) is 63.4 Å². The van der Waals surface area contributed by atoms with Crippen molar-refractivity contribution >= 4 is 75.8 Å². The molecule has 1 aromatic carbocycles. The average Bonchev–Trinajstić information content (AvgIpc) is 3.43. The molecule has 0 aliphatic rings. The fourth-order valence-corrected chi connectivity index (χ4v) is 4.98. The van der Waals surface area contributed by atoms with Gasteiger partial charge in [0.1, 0.15) is 23.5 Å². The van der Waals surface area contributed by atoms with E-state index in [-0.39, 0.29) is 37.0 Å². The molecule has 0 fully saturated rings. The number of Topliss-reactive ketones (excluding diaryl/α,β-unsaturated/α-hetero) is 1. The van der Waals surface area contributed by atoms with Gasteiger partial charge >= 0.3 is 6.09 Å². The number of ether oxygens (including phenoxy) is 1. The van der Waals surface area contributed by atoms with Crippen LogP contribution in [0, 0.1) is 5.92 Å². The van der Waals surface area contributed by atoms with Crippen LogP contribution in [0.25, 0.3) is 22.7 Å². The van der Waals surface area contributed by atoms with E-state index in [9.17, 15) is 19.2 Å². The Kier molecular flexibility index (Phi) is 12.6. The Morgan fingerprint density at radius 3 is 2.29 bits per heavy atom. The molecule has 0 aliphatic carbocycles. The molecule has 2 N–H and O–H groups in total. The number of carbonyl (C=O) groups excluding carboxylic acids is 4. The van der Waals surface area contributed by atoms with Gasteiger partial charge in [-0.3, -0.25) is 19.4 Å². The summed E-state index contributed by atoms with van der Waals surface area (Å²) in [5, 5.41) is 9.83. The van der Waals surface area contributed by atoms with Crippen molar-refractivity contribution in [1.29, 1.82) is 0 Å². The molecular weight excluding hydrogens is 668 g/mol. The first-order valence-electron chi connectivity index (χ1n) is 13.8. The van der Waals surface area contributed by atoms with Crippen LogP contribution in [0.5, 0.6) is 0 Å². The fourth-order valence-electron chi connectivity index (χ4n) is 4.15. The van der Waals surface area contributed by atoms with Crippen molar-refractivity contribution in [3.63, 3.8) is 0 Å². The van der Waals surface area contributed by atoms with E-state index in [1.807, 2.05) is 0 Å². The van der Waals surface area contributed by atoms with E-state index in [1.54, 1.807) is 71.0 Å². The third-order valence-electron chi connectivity index (χ3n) is 6.19. The predicted molar refractivity (Wildman–Crippen MR) is 174 cm³/mol. The van der Waals surface area contributed by atoms with Crippen molar-refractivity contribution in [2.24, 2.45) is 5.92 Å². The van der Waals surface area contributed by atoms with Gasteiger partial charge < -0.3 is 24.8 Å². The molecule has 2 aromatic heterocycles. The molecule has 3 amide bonds. The quantitative estimate of drug-likeness (QED) is 0.205. The third-order valence-corrected chi connectivity index (χ3v) is 7.20. The maximum absolute atomic E-state index is 13.3. The molecule has 2 heterocycles. The molecule has 1 unspecified atom stereocenters. The predicted octanol–water partition coefficient (Wildman–Crippen LogP) is 6.47. The highest BCUT2D eigenvalue weighted by Crippen LogP contribution is 2.36. The van der Waals surface area contributed by atoms with Crippen molar-refractivity contribution in [1.82, 2.24) is 20.8 Å². The Morgan fingerprint density at radius 1 is 1.02 bits per heavy atom. The second-order valence-corrected chi connectivity index (χ2v) is 13.1. The maximum atomic E-state index is 13.3. The van der Waals surface area contributed by atoms with E-state index in [2.05, 4.69) is 20.8 Å². The number of carbonyl (C=O) groups is 4. The zero-order valence-corrected chi connectivity index (χ0v) is 28.2. The van der Waals surface area contributed by atoms with Crippen LogP contribution in [0.3, 0.4) is 0 Å². The van der Waals surface area contributed by atoms with Crippen LogP contribution in [0.1, 0.15) is 41.0 Å². The molecule has 11 nitrogen and oxygen atoms in total. The summed E-state index contributed by atoms with van der Waals surface area (Å²) in [6, 6.07) is 8.87. The topological polar surface area (TPSA) is 144 Å². The number of pyridine rings is 1. The lowest BCUT2D eigenvalue weighted by Gasteiger charge is -2.26. The van der Waals surface area contributed by atoms with Gasteiger partial charge in [0.05, 0.1) is 16.1 Å². The van der Waals surface area contributed by atoms with Gasteiger partial charge in [-0.15, -0.1) is 0 Å². The summed E-state index contributed by atoms with van der Waals surface area (Å²) < 4.78 is 10.6. The number of hydrogen-bond acceptors (Lipinski definition) is 8. The molecule has 15 heteroatoms. The molecule has 1 atom stereocenters. The van der Waals surface area contributed by atoms with Crippen LogP contribution >= 0.6 is 46.4 Å². The number of alkyl halides is 2. The average molecular weight is 701 g/mol. The van der Waals surface area contributed by atoms with Crippen molar-refractivity contribution in [3.8, 4) is 22.7 Å². The van der Waals surface area contributed by atoms with Gasteiger partial charge in [0, 0.05) is 36.5 Å². The van der Waals surface area contributed by atoms with E-state index in [0.29, 0.717) is 32.7 Å². The van der Waals surface area contributed by atoms with Crippen molar-refractivity contribution in [2.75, 3.05) is 18.0 Å². The van der Waals surface area contributed by atoms with Gasteiger partial charge in [-0.2, -0.15) is 0 Å². The Balaban J connectivity index is 1.75. The summed E-state index contributed by atoms with van der Waals surface area (Å²) in [7, 11) is 0. The lowest BCUT2D eigenvalue weighted by molar-refractivity contribution is -0.128. The maximum Gasteiger partial charge on any atom is 0.408 e. The van der Waals surface area contributed by atoms with Crippen LogP contribution in [-0.2, 0) is 19.1 Å². The Morgan fingerprint density at radius 2 is 1.69 bits per heavy atom. The van der Waals surface area contributed by atoms with Gasteiger partial charge in [0.25, 0.3) is 5.91 Å². The number of halogens is 4. The number of nitrogens with zero attached hydrogens (tertiary/aromatic N) is 3.